The summed E-state index contributed by atoms with van der Waals surface area (Å²) in [5, 5.41) is 9.52. The number of Topliss-reactive ketones (excluding diaryl/α,β-unsaturated/α-hetero) is 1. The van der Waals surface area contributed by atoms with Crippen molar-refractivity contribution in [3.8, 4) is 23.0 Å². The molecule has 61 heavy (non-hydrogen) atoms. The highest BCUT2D eigenvalue weighted by atomic mass is 32.2. The van der Waals surface area contributed by atoms with Gasteiger partial charge >= 0.3 is 6.09 Å². The molecule has 1 saturated carbocycles. The minimum absolute atomic E-state index is 0.113. The van der Waals surface area contributed by atoms with Crippen LogP contribution in [0.5, 0.6) is 23.0 Å². The summed E-state index contributed by atoms with van der Waals surface area (Å²) < 4.78 is 78.8. The Kier molecular flexibility index (Phi) is 12.5. The molecule has 2 aromatic heterocycles. The standard InChI is InChI=1S/C43H51N5O12S/c1-43(2,3)59-42(50)47(38-23-31(27-14-15-27)48(44-38)39-11-9-10-18-58-39)32-22-34-30(21-35(32)55-6)41(45-60-34)46(24-26-12-16-29(54-5)17-13-26)61(51,52)40-36(56-7)19-28(20-37(40)57-8)33(49)25-53-4/h12-13,16-17,19-23,27,39H,9-11,14-15,18,24-25H2,1-8H3. The van der Waals surface area contributed by atoms with Gasteiger partial charge in [0.2, 0.25) is 0 Å². The molecule has 326 valence electrons. The van der Waals surface area contributed by atoms with Crippen LogP contribution in [0.3, 0.4) is 0 Å². The van der Waals surface area contributed by atoms with E-state index in [0.717, 1.165) is 42.1 Å². The number of aromatic nitrogens is 3. The van der Waals surface area contributed by atoms with Crippen molar-refractivity contribution >= 4 is 50.2 Å². The molecule has 18 heteroatoms. The van der Waals surface area contributed by atoms with E-state index in [1.165, 1.54) is 58.6 Å². The highest BCUT2D eigenvalue weighted by Gasteiger charge is 2.39. The van der Waals surface area contributed by atoms with Gasteiger partial charge in [-0.25, -0.2) is 27.1 Å². The zero-order valence-electron chi connectivity index (χ0n) is 35.6. The molecule has 0 spiro atoms. The van der Waals surface area contributed by atoms with E-state index >= 15 is 8.42 Å². The number of benzene rings is 3. The lowest BCUT2D eigenvalue weighted by atomic mass is 10.1. The molecular weight excluding hydrogens is 811 g/mol. The van der Waals surface area contributed by atoms with E-state index in [4.69, 9.17) is 42.8 Å². The third-order valence-corrected chi connectivity index (χ3v) is 12.1. The number of sulfonamides is 1. The van der Waals surface area contributed by atoms with Crippen LogP contribution in [0.25, 0.3) is 11.0 Å². The van der Waals surface area contributed by atoms with Crippen LogP contribution < -0.4 is 28.2 Å². The Labute approximate surface area is 354 Å². The van der Waals surface area contributed by atoms with Crippen molar-refractivity contribution in [2.24, 2.45) is 0 Å². The molecule has 0 radical (unpaired) electrons. The number of nitrogens with zero attached hydrogens (tertiary/aromatic N) is 5. The Balaban J connectivity index is 1.39. The molecule has 2 aliphatic rings. The maximum atomic E-state index is 15.2. The van der Waals surface area contributed by atoms with Gasteiger partial charge in [-0.2, -0.15) is 5.10 Å². The number of ether oxygens (including phenoxy) is 7. The Morgan fingerprint density at radius 2 is 1.56 bits per heavy atom. The molecule has 2 fully saturated rings. The van der Waals surface area contributed by atoms with Gasteiger partial charge in [0.1, 0.15) is 35.2 Å². The summed E-state index contributed by atoms with van der Waals surface area (Å²) in [7, 11) is 2.25. The number of carbonyl (C=O) groups excluding carboxylic acids is 2. The SMILES string of the molecule is COCC(=O)c1cc(OC)c(S(=O)(=O)N(Cc2ccc(OC)cc2)c2noc3cc(N(C(=O)OC(C)(C)C)c4cc(C5CC5)n(C5CCCCO5)n4)c(OC)cc23)c(OC)c1. The number of rotatable bonds is 16. The van der Waals surface area contributed by atoms with E-state index < -0.39 is 27.5 Å². The molecule has 1 atom stereocenters. The van der Waals surface area contributed by atoms with Crippen molar-refractivity contribution in [3.05, 3.63) is 71.4 Å². The van der Waals surface area contributed by atoms with E-state index in [-0.39, 0.29) is 81.3 Å². The quantitative estimate of drug-likeness (QED) is 0.0872. The maximum absolute atomic E-state index is 15.2. The normalized spacial score (nSPS) is 15.6. The predicted octanol–water partition coefficient (Wildman–Crippen LogP) is 7.93. The third kappa shape index (κ3) is 8.97. The first kappa shape index (κ1) is 43.2. The molecule has 7 rings (SSSR count). The van der Waals surface area contributed by atoms with E-state index in [9.17, 15) is 9.59 Å². The number of anilines is 3. The molecule has 0 bridgehead atoms. The second-order valence-corrected chi connectivity index (χ2v) is 17.5. The second kappa shape index (κ2) is 17.6. The highest BCUT2D eigenvalue weighted by Crippen LogP contribution is 2.47. The average Bonchev–Trinajstić information content (AvgIpc) is 3.88. The summed E-state index contributed by atoms with van der Waals surface area (Å²) in [5.74, 6) is 0.462. The molecule has 1 unspecified atom stereocenters. The van der Waals surface area contributed by atoms with Gasteiger partial charge < -0.3 is 37.7 Å². The first-order valence-corrected chi connectivity index (χ1v) is 21.3. The molecule has 1 saturated heterocycles. The van der Waals surface area contributed by atoms with Crippen molar-refractivity contribution in [3.63, 3.8) is 0 Å². The number of hydrogen-bond donors (Lipinski definition) is 0. The van der Waals surface area contributed by atoms with Crippen LogP contribution >= 0.6 is 0 Å². The van der Waals surface area contributed by atoms with Crippen molar-refractivity contribution in [2.75, 3.05) is 58.0 Å². The first-order chi connectivity index (χ1) is 29.2. The monoisotopic (exact) mass is 861 g/mol. The Bertz CT molecular complexity index is 2480. The van der Waals surface area contributed by atoms with Crippen LogP contribution in [-0.2, 0) is 30.8 Å². The van der Waals surface area contributed by atoms with Gasteiger partial charge in [0.05, 0.1) is 46.1 Å². The van der Waals surface area contributed by atoms with Crippen LogP contribution in [0.4, 0.5) is 22.1 Å². The fraction of sp³-hybridized carbons (Fsp3) is 0.442. The number of ketones is 1. The van der Waals surface area contributed by atoms with E-state index in [1.807, 2.05) is 10.7 Å². The average molecular weight is 862 g/mol. The van der Waals surface area contributed by atoms with Crippen molar-refractivity contribution in [1.82, 2.24) is 14.9 Å². The summed E-state index contributed by atoms with van der Waals surface area (Å²) in [5.41, 5.74) is 1.09. The van der Waals surface area contributed by atoms with Crippen LogP contribution in [0.2, 0.25) is 0 Å². The van der Waals surface area contributed by atoms with Gasteiger partial charge in [0.15, 0.2) is 34.1 Å². The number of hydrogen-bond acceptors (Lipinski definition) is 14. The van der Waals surface area contributed by atoms with E-state index in [1.54, 1.807) is 51.1 Å². The second-order valence-electron chi connectivity index (χ2n) is 15.7. The topological polar surface area (TPSA) is 183 Å². The van der Waals surface area contributed by atoms with E-state index in [2.05, 4.69) is 5.16 Å². The Morgan fingerprint density at radius 3 is 2.13 bits per heavy atom. The lowest BCUT2D eigenvalue weighted by Gasteiger charge is -2.27. The van der Waals surface area contributed by atoms with Gasteiger partial charge in [-0.15, -0.1) is 0 Å². The van der Waals surface area contributed by atoms with Crippen molar-refractivity contribution in [1.29, 1.82) is 0 Å². The van der Waals surface area contributed by atoms with Gasteiger partial charge in [0.25, 0.3) is 10.0 Å². The molecule has 5 aromatic rings. The van der Waals surface area contributed by atoms with Crippen LogP contribution in [-0.4, -0.2) is 89.6 Å². The van der Waals surface area contributed by atoms with Crippen molar-refractivity contribution < 1.29 is 55.7 Å². The largest absolute Gasteiger partial charge is 0.497 e. The third-order valence-electron chi connectivity index (χ3n) is 10.3. The molecule has 3 aromatic carbocycles. The lowest BCUT2D eigenvalue weighted by molar-refractivity contribution is -0.0410. The molecule has 3 heterocycles. The van der Waals surface area contributed by atoms with Gasteiger partial charge in [-0.05, 0) is 88.8 Å². The van der Waals surface area contributed by atoms with Gasteiger partial charge in [-0.1, -0.05) is 17.3 Å². The van der Waals surface area contributed by atoms with Gasteiger partial charge in [0, 0.05) is 43.0 Å². The number of amides is 1. The van der Waals surface area contributed by atoms with Crippen LogP contribution in [0.15, 0.2) is 64.0 Å². The molecular formula is C43H51N5O12S. The predicted molar refractivity (Wildman–Crippen MR) is 224 cm³/mol. The highest BCUT2D eigenvalue weighted by molar-refractivity contribution is 7.93. The first-order valence-electron chi connectivity index (χ1n) is 19.9. The zero-order valence-corrected chi connectivity index (χ0v) is 36.4. The summed E-state index contributed by atoms with van der Waals surface area (Å²) >= 11 is 0. The fourth-order valence-corrected chi connectivity index (χ4v) is 8.90. The molecule has 1 aliphatic heterocycles. The Hall–Kier alpha value is -5.85. The molecule has 17 nitrogen and oxygen atoms in total. The summed E-state index contributed by atoms with van der Waals surface area (Å²) in [6, 6.07) is 14.5. The van der Waals surface area contributed by atoms with Gasteiger partial charge in [-0.3, -0.25) is 4.79 Å². The fourth-order valence-electron chi connectivity index (χ4n) is 7.21. The number of carbonyl (C=O) groups is 2. The number of methoxy groups -OCH3 is 5. The smallest absolute Gasteiger partial charge is 0.420 e. The van der Waals surface area contributed by atoms with Crippen LogP contribution in [0, 0.1) is 0 Å². The minimum atomic E-state index is -4.67. The summed E-state index contributed by atoms with van der Waals surface area (Å²) in [6.07, 6.45) is 3.71. The summed E-state index contributed by atoms with van der Waals surface area (Å²) in [4.78, 5) is 28.1. The van der Waals surface area contributed by atoms with Crippen molar-refractivity contribution in [2.45, 2.75) is 82.1 Å². The number of fused-ring (bicyclic) bond motifs is 1. The molecule has 0 N–H and O–H groups in total. The molecule has 1 aliphatic carbocycles. The maximum Gasteiger partial charge on any atom is 0.420 e. The van der Waals surface area contributed by atoms with Crippen LogP contribution in [0.1, 0.15) is 86.6 Å². The lowest BCUT2D eigenvalue weighted by Crippen LogP contribution is -2.34. The minimum Gasteiger partial charge on any atom is -0.497 e. The summed E-state index contributed by atoms with van der Waals surface area (Å²) in [6.45, 7) is 5.42. The molecule has 1 amide bonds. The Morgan fingerprint density at radius 1 is 0.869 bits per heavy atom. The zero-order chi connectivity index (χ0) is 43.6. The van der Waals surface area contributed by atoms with E-state index in [0.29, 0.717) is 17.9 Å².